The lowest BCUT2D eigenvalue weighted by molar-refractivity contribution is 0.318. The topological polar surface area (TPSA) is 40.5 Å². The molecule has 0 atom stereocenters. The molecule has 2 nitrogen and oxygen atoms in total. The van der Waals surface area contributed by atoms with Crippen molar-refractivity contribution in [2.75, 3.05) is 6.61 Å². The third-order valence-corrected chi connectivity index (χ3v) is 0. The second-order valence-corrected chi connectivity index (χ2v) is 0.316. The largest absolute Gasteiger partial charge is 0.397 e. The van der Waals surface area contributed by atoms with Crippen LogP contribution >= 0.6 is 0 Å². The fraction of sp³-hybridized carbons (Fsp3) is 0.667. The Balaban J connectivity index is 0. The van der Waals surface area contributed by atoms with Gasteiger partial charge in [0.2, 0.25) is 0 Å². The summed E-state index contributed by atoms with van der Waals surface area (Å²) in [7, 11) is 2.25. The van der Waals surface area contributed by atoms with Crippen molar-refractivity contribution >= 4 is 0 Å². The second-order valence-electron chi connectivity index (χ2n) is 0.316. The number of hydrogen-bond acceptors (Lipinski definition) is 2. The third-order valence-electron chi connectivity index (χ3n) is 0. The van der Waals surface area contributed by atoms with Gasteiger partial charge in [0.15, 0.2) is 0 Å². The Morgan fingerprint density at radius 3 is 1.60 bits per heavy atom. The zero-order chi connectivity index (χ0) is 4.71. The molecule has 0 aliphatic carbocycles. The summed E-state index contributed by atoms with van der Waals surface area (Å²) in [6.07, 6.45) is 0. The van der Waals surface area contributed by atoms with Crippen molar-refractivity contribution in [3.8, 4) is 0 Å². The van der Waals surface area contributed by atoms with E-state index in [1.807, 2.05) is 0 Å². The van der Waals surface area contributed by atoms with Crippen LogP contribution in [0.2, 0.25) is 0 Å². The van der Waals surface area contributed by atoms with Gasteiger partial charge in [-0.2, -0.15) is 0 Å². The molecule has 0 spiro atoms. The Labute approximate surface area is 32.1 Å². The van der Waals surface area contributed by atoms with E-state index >= 15 is 0 Å². The first-order chi connectivity index (χ1) is 2.41. The normalized spacial score (nSPS) is 4.80. The highest BCUT2D eigenvalue weighted by Gasteiger charge is 1.34. The molecule has 0 heterocycles. The smallest absolute Gasteiger partial charge is 0.0662 e. The average Bonchev–Trinajstić information content (AvgIpc) is 1.46. The summed E-state index contributed by atoms with van der Waals surface area (Å²) in [5, 5.41) is 14.3. The molecule has 0 bridgehead atoms. The molecule has 0 unspecified atom stereocenters. The van der Waals surface area contributed by atoms with E-state index in [1.165, 1.54) is 0 Å². The van der Waals surface area contributed by atoms with Crippen molar-refractivity contribution in [3.05, 3.63) is 7.11 Å². The van der Waals surface area contributed by atoms with Crippen molar-refractivity contribution in [2.45, 2.75) is 6.92 Å². The fourth-order valence-corrected chi connectivity index (χ4v) is 0. The summed E-state index contributed by atoms with van der Waals surface area (Å²) in [5.41, 5.74) is 0. The Kier molecular flexibility index (Phi) is 70.0. The molecular weight excluding hydrogens is 68.0 g/mol. The van der Waals surface area contributed by atoms with E-state index in [0.717, 1.165) is 0 Å². The van der Waals surface area contributed by atoms with Gasteiger partial charge in [0.1, 0.15) is 0 Å². The lowest BCUT2D eigenvalue weighted by Crippen LogP contribution is -1.57. The fourth-order valence-electron chi connectivity index (χ4n) is 0. The Morgan fingerprint density at radius 2 is 1.60 bits per heavy atom. The molecule has 0 amide bonds. The van der Waals surface area contributed by atoms with Crippen molar-refractivity contribution < 1.29 is 10.2 Å². The van der Waals surface area contributed by atoms with E-state index in [2.05, 4.69) is 7.11 Å². The van der Waals surface area contributed by atoms with E-state index in [1.54, 1.807) is 6.92 Å². The van der Waals surface area contributed by atoms with Gasteiger partial charge in [0, 0.05) is 6.61 Å². The molecular formula is C3H9O2. The molecule has 5 heavy (non-hydrogen) atoms. The molecule has 0 saturated carbocycles. The first-order valence-electron chi connectivity index (χ1n) is 1.34. The molecule has 0 aromatic rings. The minimum Gasteiger partial charge on any atom is -0.397 e. The predicted octanol–water partition coefficient (Wildman–Crippen LogP) is 0.149. The summed E-state index contributed by atoms with van der Waals surface area (Å²) in [5.74, 6) is 0. The van der Waals surface area contributed by atoms with E-state index in [4.69, 9.17) is 10.2 Å². The van der Waals surface area contributed by atoms with Crippen LogP contribution in [0.25, 0.3) is 0 Å². The Bertz CT molecular complexity index is 4.85. The monoisotopic (exact) mass is 77.1 g/mol. The maximum absolute atomic E-state index is 7.57. The molecule has 2 N–H and O–H groups in total. The molecule has 0 fully saturated rings. The van der Waals surface area contributed by atoms with Gasteiger partial charge >= 0.3 is 0 Å². The van der Waals surface area contributed by atoms with E-state index < -0.39 is 0 Å². The van der Waals surface area contributed by atoms with Crippen LogP contribution in [-0.4, -0.2) is 16.8 Å². The summed E-state index contributed by atoms with van der Waals surface area (Å²) in [6.45, 7) is 1.93. The van der Waals surface area contributed by atoms with Gasteiger partial charge in [-0.25, -0.2) is 0 Å². The number of aliphatic hydroxyl groups is 2. The van der Waals surface area contributed by atoms with Crippen LogP contribution in [0.15, 0.2) is 0 Å². The predicted molar refractivity (Wildman–Crippen MR) is 20.1 cm³/mol. The molecule has 0 rings (SSSR count). The standard InChI is InChI=1S/C2H6O.CH3O/c1-2-3;1-2/h3H,2H2,1H3;2H,1H2. The molecule has 1 radical (unpaired) electrons. The first-order valence-corrected chi connectivity index (χ1v) is 1.34. The minimum absolute atomic E-state index is 0.250. The highest BCUT2D eigenvalue weighted by Crippen LogP contribution is 1.30. The highest BCUT2D eigenvalue weighted by molar-refractivity contribution is 3.84. The first kappa shape index (κ1) is 8.87. The van der Waals surface area contributed by atoms with Crippen LogP contribution in [-0.2, 0) is 0 Å². The lowest BCUT2D eigenvalue weighted by Gasteiger charge is -1.52. The number of hydrogen-bond donors (Lipinski definition) is 2. The average molecular weight is 77.1 g/mol. The molecule has 33 valence electrons. The van der Waals surface area contributed by atoms with Crippen LogP contribution in [0.1, 0.15) is 6.92 Å². The van der Waals surface area contributed by atoms with Gasteiger partial charge in [-0.3, -0.25) is 0 Å². The quantitative estimate of drug-likeness (QED) is 0.432. The summed E-state index contributed by atoms with van der Waals surface area (Å²) in [4.78, 5) is 0. The highest BCUT2D eigenvalue weighted by atomic mass is 16.2. The Hall–Kier alpha value is -0.0800. The van der Waals surface area contributed by atoms with Gasteiger partial charge in [0.05, 0.1) is 7.11 Å². The molecule has 0 saturated heterocycles. The van der Waals surface area contributed by atoms with Crippen LogP contribution in [0.3, 0.4) is 0 Å². The third kappa shape index (κ3) is 2260. The van der Waals surface area contributed by atoms with Crippen molar-refractivity contribution in [1.29, 1.82) is 0 Å². The van der Waals surface area contributed by atoms with Gasteiger partial charge in [-0.15, -0.1) is 0 Å². The summed E-state index contributed by atoms with van der Waals surface area (Å²) >= 11 is 0. The maximum atomic E-state index is 7.57. The van der Waals surface area contributed by atoms with Crippen LogP contribution < -0.4 is 0 Å². The number of aliphatic hydroxyl groups excluding tert-OH is 2. The van der Waals surface area contributed by atoms with E-state index in [9.17, 15) is 0 Å². The summed E-state index contributed by atoms with van der Waals surface area (Å²) in [6, 6.07) is 0. The molecule has 0 aliphatic rings. The van der Waals surface area contributed by atoms with E-state index in [-0.39, 0.29) is 6.61 Å². The molecule has 0 aliphatic heterocycles. The van der Waals surface area contributed by atoms with Crippen LogP contribution in [0.5, 0.6) is 0 Å². The van der Waals surface area contributed by atoms with Gasteiger partial charge in [-0.05, 0) is 6.92 Å². The summed E-state index contributed by atoms with van der Waals surface area (Å²) < 4.78 is 0. The maximum Gasteiger partial charge on any atom is 0.0662 e. The van der Waals surface area contributed by atoms with Gasteiger partial charge in [-0.1, -0.05) is 0 Å². The van der Waals surface area contributed by atoms with Gasteiger partial charge < -0.3 is 10.2 Å². The second kappa shape index (κ2) is 39.5. The van der Waals surface area contributed by atoms with Crippen molar-refractivity contribution in [2.24, 2.45) is 0 Å². The van der Waals surface area contributed by atoms with E-state index in [0.29, 0.717) is 0 Å². The van der Waals surface area contributed by atoms with Crippen molar-refractivity contribution in [3.63, 3.8) is 0 Å². The molecule has 0 aromatic heterocycles. The lowest BCUT2D eigenvalue weighted by atomic mass is 10.9. The SMILES string of the molecule is CCO.[CH2]O. The zero-order valence-corrected chi connectivity index (χ0v) is 3.31. The minimum atomic E-state index is 0.250. The molecule has 0 aromatic carbocycles. The van der Waals surface area contributed by atoms with Crippen LogP contribution in [0, 0.1) is 7.11 Å². The van der Waals surface area contributed by atoms with Crippen molar-refractivity contribution in [1.82, 2.24) is 0 Å². The van der Waals surface area contributed by atoms with Crippen LogP contribution in [0.4, 0.5) is 0 Å². The Morgan fingerprint density at radius 1 is 1.60 bits per heavy atom. The number of rotatable bonds is 0. The van der Waals surface area contributed by atoms with Gasteiger partial charge in [0.25, 0.3) is 0 Å². The zero-order valence-electron chi connectivity index (χ0n) is 3.31. The molecule has 2 heteroatoms.